The van der Waals surface area contributed by atoms with Crippen LogP contribution in [0.25, 0.3) is 6.08 Å². The van der Waals surface area contributed by atoms with Crippen molar-refractivity contribution in [3.8, 4) is 0 Å². The van der Waals surface area contributed by atoms with E-state index in [9.17, 15) is 10.1 Å². The summed E-state index contributed by atoms with van der Waals surface area (Å²) in [6.45, 7) is 0. The second-order valence-electron chi connectivity index (χ2n) is 3.67. The molecule has 0 atom stereocenters. The highest BCUT2D eigenvalue weighted by atomic mass is 16.6. The molecule has 5 heteroatoms. The molecule has 0 spiro atoms. The quantitative estimate of drug-likeness (QED) is 0.476. The fourth-order valence-electron chi connectivity index (χ4n) is 1.41. The number of nitrogens with zero attached hydrogens (tertiary/aromatic N) is 3. The van der Waals surface area contributed by atoms with E-state index in [1.807, 2.05) is 18.2 Å². The predicted molar refractivity (Wildman–Crippen MR) is 74.5 cm³/mol. The SMILES string of the molecule is O=[N+]([O-])c1ccc(/C=C/C=N/c2ccccn2)cc1. The minimum Gasteiger partial charge on any atom is -0.258 e. The van der Waals surface area contributed by atoms with Crippen LogP contribution in [-0.4, -0.2) is 16.1 Å². The molecular formula is C14H11N3O2. The molecule has 0 amide bonds. The Labute approximate surface area is 110 Å². The molecule has 94 valence electrons. The van der Waals surface area contributed by atoms with E-state index < -0.39 is 4.92 Å². The van der Waals surface area contributed by atoms with E-state index in [0.717, 1.165) is 5.56 Å². The number of nitro groups is 1. The Balaban J connectivity index is 1.99. The average Bonchev–Trinajstić information content (AvgIpc) is 2.45. The van der Waals surface area contributed by atoms with E-state index in [4.69, 9.17) is 0 Å². The van der Waals surface area contributed by atoms with Crippen molar-refractivity contribution in [2.45, 2.75) is 0 Å². The zero-order valence-electron chi connectivity index (χ0n) is 10.0. The van der Waals surface area contributed by atoms with Gasteiger partial charge >= 0.3 is 0 Å². The Bertz CT molecular complexity index is 604. The molecule has 0 saturated heterocycles. The van der Waals surface area contributed by atoms with Gasteiger partial charge in [-0.3, -0.25) is 10.1 Å². The fourth-order valence-corrected chi connectivity index (χ4v) is 1.41. The van der Waals surface area contributed by atoms with Crippen LogP contribution >= 0.6 is 0 Å². The minimum absolute atomic E-state index is 0.0827. The molecule has 2 aromatic rings. The van der Waals surface area contributed by atoms with Crippen LogP contribution in [0, 0.1) is 10.1 Å². The third kappa shape index (κ3) is 3.85. The van der Waals surface area contributed by atoms with Crippen LogP contribution in [-0.2, 0) is 0 Å². The van der Waals surface area contributed by atoms with Gasteiger partial charge in [0, 0.05) is 24.5 Å². The van der Waals surface area contributed by atoms with Crippen LogP contribution in [0.5, 0.6) is 0 Å². The summed E-state index contributed by atoms with van der Waals surface area (Å²) in [5.41, 5.74) is 0.956. The van der Waals surface area contributed by atoms with Crippen molar-refractivity contribution in [2.75, 3.05) is 0 Å². The predicted octanol–water partition coefficient (Wildman–Crippen LogP) is 3.41. The fraction of sp³-hybridized carbons (Fsp3) is 0. The van der Waals surface area contributed by atoms with Gasteiger partial charge in [-0.15, -0.1) is 0 Å². The van der Waals surface area contributed by atoms with E-state index in [1.54, 1.807) is 36.7 Å². The first-order valence-electron chi connectivity index (χ1n) is 5.62. The average molecular weight is 253 g/mol. The van der Waals surface area contributed by atoms with Gasteiger partial charge in [0.05, 0.1) is 4.92 Å². The summed E-state index contributed by atoms with van der Waals surface area (Å²) >= 11 is 0. The van der Waals surface area contributed by atoms with E-state index in [-0.39, 0.29) is 5.69 Å². The number of hydrogen-bond donors (Lipinski definition) is 0. The van der Waals surface area contributed by atoms with Gasteiger partial charge in [0.25, 0.3) is 5.69 Å². The molecule has 5 nitrogen and oxygen atoms in total. The van der Waals surface area contributed by atoms with Gasteiger partial charge in [0.15, 0.2) is 5.82 Å². The molecule has 0 aliphatic rings. The summed E-state index contributed by atoms with van der Waals surface area (Å²) < 4.78 is 0. The lowest BCUT2D eigenvalue weighted by Gasteiger charge is -1.92. The number of pyridine rings is 1. The van der Waals surface area contributed by atoms with E-state index in [0.29, 0.717) is 5.82 Å². The van der Waals surface area contributed by atoms with E-state index in [1.165, 1.54) is 12.1 Å². The Kier molecular flexibility index (Phi) is 4.12. The maximum atomic E-state index is 10.5. The van der Waals surface area contributed by atoms with Gasteiger partial charge in [0.1, 0.15) is 0 Å². The third-order valence-electron chi connectivity index (χ3n) is 2.33. The first-order valence-corrected chi connectivity index (χ1v) is 5.62. The summed E-state index contributed by atoms with van der Waals surface area (Å²) in [5.74, 6) is 0.635. The molecule has 0 fully saturated rings. The first kappa shape index (κ1) is 12.6. The summed E-state index contributed by atoms with van der Waals surface area (Å²) in [6, 6.07) is 11.8. The molecule has 0 N–H and O–H groups in total. The number of benzene rings is 1. The molecular weight excluding hydrogens is 242 g/mol. The number of allylic oxidation sites excluding steroid dienone is 1. The number of rotatable bonds is 4. The molecule has 0 saturated carbocycles. The Hall–Kier alpha value is -2.82. The second kappa shape index (κ2) is 6.20. The lowest BCUT2D eigenvalue weighted by Crippen LogP contribution is -1.86. The maximum Gasteiger partial charge on any atom is 0.269 e. The van der Waals surface area contributed by atoms with Crippen LogP contribution in [0.3, 0.4) is 0 Å². The highest BCUT2D eigenvalue weighted by Crippen LogP contribution is 2.12. The molecule has 1 heterocycles. The van der Waals surface area contributed by atoms with Gasteiger partial charge < -0.3 is 0 Å². The number of aromatic nitrogens is 1. The molecule has 0 unspecified atom stereocenters. The molecule has 1 aromatic heterocycles. The lowest BCUT2D eigenvalue weighted by atomic mass is 10.2. The number of nitro benzene ring substituents is 1. The van der Waals surface area contributed by atoms with Crippen LogP contribution < -0.4 is 0 Å². The molecule has 0 aliphatic carbocycles. The zero-order valence-corrected chi connectivity index (χ0v) is 10.0. The van der Waals surface area contributed by atoms with Gasteiger partial charge in [-0.2, -0.15) is 0 Å². The van der Waals surface area contributed by atoms with Gasteiger partial charge in [-0.05, 0) is 35.9 Å². The zero-order chi connectivity index (χ0) is 13.5. The molecule has 19 heavy (non-hydrogen) atoms. The van der Waals surface area contributed by atoms with E-state index in [2.05, 4.69) is 9.98 Å². The van der Waals surface area contributed by atoms with Gasteiger partial charge in [-0.1, -0.05) is 12.1 Å². The highest BCUT2D eigenvalue weighted by Gasteiger charge is 2.01. The van der Waals surface area contributed by atoms with Crippen LogP contribution in [0.1, 0.15) is 5.56 Å². The van der Waals surface area contributed by atoms with Crippen LogP contribution in [0.4, 0.5) is 11.5 Å². The van der Waals surface area contributed by atoms with Crippen molar-refractivity contribution in [2.24, 2.45) is 4.99 Å². The standard InChI is InChI=1S/C14H11N3O2/c18-17(19)13-8-6-12(7-9-13)4-3-11-16-14-5-1-2-10-15-14/h1-11H/b4-3+,16-11+. The Morgan fingerprint density at radius 1 is 1.16 bits per heavy atom. The molecule has 0 radical (unpaired) electrons. The largest absolute Gasteiger partial charge is 0.269 e. The molecule has 0 bridgehead atoms. The van der Waals surface area contributed by atoms with Crippen molar-refractivity contribution in [1.29, 1.82) is 0 Å². The summed E-state index contributed by atoms with van der Waals surface area (Å²) in [6.07, 6.45) is 6.88. The number of hydrogen-bond acceptors (Lipinski definition) is 4. The van der Waals surface area contributed by atoms with E-state index >= 15 is 0 Å². The smallest absolute Gasteiger partial charge is 0.258 e. The monoisotopic (exact) mass is 253 g/mol. The summed E-state index contributed by atoms with van der Waals surface area (Å²) in [7, 11) is 0. The van der Waals surface area contributed by atoms with Crippen molar-refractivity contribution in [3.63, 3.8) is 0 Å². The number of aliphatic imine (C=N–C) groups is 1. The summed E-state index contributed by atoms with van der Waals surface area (Å²) in [4.78, 5) is 18.3. The van der Waals surface area contributed by atoms with Crippen molar-refractivity contribution in [3.05, 3.63) is 70.4 Å². The highest BCUT2D eigenvalue weighted by molar-refractivity contribution is 5.80. The van der Waals surface area contributed by atoms with Crippen molar-refractivity contribution >= 4 is 23.8 Å². The lowest BCUT2D eigenvalue weighted by molar-refractivity contribution is -0.384. The minimum atomic E-state index is -0.421. The first-order chi connectivity index (χ1) is 9.25. The normalized spacial score (nSPS) is 11.2. The van der Waals surface area contributed by atoms with Crippen molar-refractivity contribution < 1.29 is 4.92 Å². The number of non-ortho nitro benzene ring substituents is 1. The molecule has 2 rings (SSSR count). The van der Waals surface area contributed by atoms with Crippen LogP contribution in [0.15, 0.2) is 59.7 Å². The summed E-state index contributed by atoms with van der Waals surface area (Å²) in [5, 5.41) is 10.5. The third-order valence-corrected chi connectivity index (χ3v) is 2.33. The van der Waals surface area contributed by atoms with Gasteiger partial charge in [-0.25, -0.2) is 9.98 Å². The van der Waals surface area contributed by atoms with Crippen LogP contribution in [0.2, 0.25) is 0 Å². The second-order valence-corrected chi connectivity index (χ2v) is 3.67. The van der Waals surface area contributed by atoms with Crippen molar-refractivity contribution in [1.82, 2.24) is 4.98 Å². The Morgan fingerprint density at radius 3 is 2.58 bits per heavy atom. The maximum absolute atomic E-state index is 10.5. The molecule has 1 aromatic carbocycles. The van der Waals surface area contributed by atoms with Gasteiger partial charge in [0.2, 0.25) is 0 Å². The molecule has 0 aliphatic heterocycles. The Morgan fingerprint density at radius 2 is 1.95 bits per heavy atom. The topological polar surface area (TPSA) is 68.4 Å².